The molecule has 2 heteroatoms. The van der Waals surface area contributed by atoms with Gasteiger partial charge in [-0.25, -0.2) is 0 Å². The summed E-state index contributed by atoms with van der Waals surface area (Å²) in [5, 5.41) is 4.62. The van der Waals surface area contributed by atoms with Crippen molar-refractivity contribution in [3.8, 4) is 22.3 Å². The Morgan fingerprint density at radius 2 is 1.24 bits per heavy atom. The summed E-state index contributed by atoms with van der Waals surface area (Å²) in [6.07, 6.45) is 0. The molecule has 0 atom stereocenters. The Balaban J connectivity index is 1.27. The summed E-state index contributed by atoms with van der Waals surface area (Å²) >= 11 is 0. The zero-order valence-electron chi connectivity index (χ0n) is 25.3. The van der Waals surface area contributed by atoms with Crippen LogP contribution < -0.4 is 4.90 Å². The maximum atomic E-state index is 6.54. The highest BCUT2D eigenvalue weighted by molar-refractivity contribution is 6.19. The van der Waals surface area contributed by atoms with Crippen molar-refractivity contribution in [3.63, 3.8) is 0 Å². The maximum Gasteiger partial charge on any atom is 0.143 e. The number of hydrogen-bond donors (Lipinski definition) is 0. The quantitative estimate of drug-likeness (QED) is 0.207. The van der Waals surface area contributed by atoms with Crippen LogP contribution in [0.3, 0.4) is 0 Å². The van der Waals surface area contributed by atoms with E-state index < -0.39 is 0 Å². The molecule has 0 spiro atoms. The molecular weight excluding hydrogens is 546 g/mol. The first-order chi connectivity index (χ1) is 22.1. The smallest absolute Gasteiger partial charge is 0.143 e. The number of furan rings is 1. The van der Waals surface area contributed by atoms with E-state index in [0.29, 0.717) is 0 Å². The van der Waals surface area contributed by atoms with Crippen molar-refractivity contribution in [1.29, 1.82) is 0 Å². The summed E-state index contributed by atoms with van der Waals surface area (Å²) in [6.45, 7) is 4.71. The third-order valence-electron chi connectivity index (χ3n) is 9.62. The third kappa shape index (κ3) is 3.82. The summed E-state index contributed by atoms with van der Waals surface area (Å²) in [4.78, 5) is 2.43. The van der Waals surface area contributed by atoms with Gasteiger partial charge in [0.25, 0.3) is 0 Å². The highest BCUT2D eigenvalue weighted by Gasteiger charge is 2.38. The highest BCUT2D eigenvalue weighted by Crippen LogP contribution is 2.54. The summed E-state index contributed by atoms with van der Waals surface area (Å²) in [5.41, 5.74) is 12.9. The first-order valence-corrected chi connectivity index (χ1v) is 15.6. The topological polar surface area (TPSA) is 16.4 Å². The maximum absolute atomic E-state index is 6.54. The van der Waals surface area contributed by atoms with Gasteiger partial charge in [0.2, 0.25) is 0 Å². The monoisotopic (exact) mass is 577 g/mol. The fourth-order valence-corrected chi connectivity index (χ4v) is 7.62. The average Bonchev–Trinajstić information content (AvgIpc) is 3.59. The zero-order chi connectivity index (χ0) is 30.1. The van der Waals surface area contributed by atoms with Crippen molar-refractivity contribution in [3.05, 3.63) is 163 Å². The van der Waals surface area contributed by atoms with Crippen LogP contribution in [0.2, 0.25) is 0 Å². The molecule has 1 aliphatic carbocycles. The van der Waals surface area contributed by atoms with Gasteiger partial charge >= 0.3 is 0 Å². The van der Waals surface area contributed by atoms with Crippen LogP contribution in [0.25, 0.3) is 55.0 Å². The SMILES string of the molecule is CC1(C)c2ccccc2-c2cccc(N(c3ccccc3)c3cccc(-c4cccc5oc6c7ccccc7ccc6c45)c3)c21. The van der Waals surface area contributed by atoms with E-state index >= 15 is 0 Å². The second-order valence-corrected chi connectivity index (χ2v) is 12.5. The van der Waals surface area contributed by atoms with E-state index in [2.05, 4.69) is 170 Å². The molecule has 1 heterocycles. The van der Waals surface area contributed by atoms with Gasteiger partial charge in [0.1, 0.15) is 11.2 Å². The molecule has 0 aliphatic heterocycles. The van der Waals surface area contributed by atoms with Gasteiger partial charge in [-0.3, -0.25) is 0 Å². The molecule has 0 N–H and O–H groups in total. The fourth-order valence-electron chi connectivity index (χ4n) is 7.62. The van der Waals surface area contributed by atoms with E-state index in [-0.39, 0.29) is 5.41 Å². The predicted molar refractivity (Wildman–Crippen MR) is 189 cm³/mol. The Morgan fingerprint density at radius 3 is 2.16 bits per heavy atom. The van der Waals surface area contributed by atoms with Crippen molar-refractivity contribution in [2.75, 3.05) is 4.90 Å². The summed E-state index contributed by atoms with van der Waals surface area (Å²) < 4.78 is 6.54. The van der Waals surface area contributed by atoms with Crippen LogP contribution in [0.1, 0.15) is 25.0 Å². The lowest BCUT2D eigenvalue weighted by Gasteiger charge is -2.32. The Morgan fingerprint density at radius 1 is 0.533 bits per heavy atom. The van der Waals surface area contributed by atoms with E-state index in [1.807, 2.05) is 0 Å². The molecule has 2 nitrogen and oxygen atoms in total. The van der Waals surface area contributed by atoms with Gasteiger partial charge in [0.05, 0.1) is 5.69 Å². The largest absolute Gasteiger partial charge is 0.455 e. The normalized spacial score (nSPS) is 13.3. The van der Waals surface area contributed by atoms with E-state index in [9.17, 15) is 0 Å². The molecule has 0 bridgehead atoms. The molecule has 0 radical (unpaired) electrons. The molecular formula is C43H31NO. The second-order valence-electron chi connectivity index (χ2n) is 12.5. The lowest BCUT2D eigenvalue weighted by atomic mass is 9.81. The lowest BCUT2D eigenvalue weighted by molar-refractivity contribution is 0.661. The molecule has 0 amide bonds. The molecule has 9 rings (SSSR count). The predicted octanol–water partition coefficient (Wildman–Crippen LogP) is 12.2. The first kappa shape index (κ1) is 25.9. The van der Waals surface area contributed by atoms with Crippen LogP contribution in [0.5, 0.6) is 0 Å². The summed E-state index contributed by atoms with van der Waals surface area (Å²) in [5.74, 6) is 0. The third-order valence-corrected chi connectivity index (χ3v) is 9.62. The molecule has 0 unspecified atom stereocenters. The van der Waals surface area contributed by atoms with E-state index in [0.717, 1.165) is 44.3 Å². The van der Waals surface area contributed by atoms with Crippen LogP contribution in [0.4, 0.5) is 17.1 Å². The standard InChI is InChI=1S/C43H31NO/c1-43(2)37-22-9-8-19-34(37)35-21-11-23-38(41(35)43)44(30-15-4-3-5-16-30)31-17-10-14-29(27-31)32-20-12-24-39-40(32)36-26-25-28-13-6-7-18-33(28)42(36)45-39/h3-27H,1-2H3. The Kier molecular flexibility index (Phi) is 5.58. The molecule has 1 aliphatic rings. The van der Waals surface area contributed by atoms with Crippen molar-refractivity contribution in [2.24, 2.45) is 0 Å². The molecule has 0 saturated carbocycles. The number of hydrogen-bond acceptors (Lipinski definition) is 2. The number of rotatable bonds is 4. The van der Waals surface area contributed by atoms with Gasteiger partial charge in [0, 0.05) is 32.9 Å². The minimum absolute atomic E-state index is 0.142. The fraction of sp³-hybridized carbons (Fsp3) is 0.0698. The number of para-hydroxylation sites is 1. The minimum Gasteiger partial charge on any atom is -0.455 e. The van der Waals surface area contributed by atoms with Crippen LogP contribution in [-0.4, -0.2) is 0 Å². The Hall–Kier alpha value is -5.60. The average molecular weight is 578 g/mol. The van der Waals surface area contributed by atoms with Gasteiger partial charge in [-0.1, -0.05) is 123 Å². The molecule has 0 fully saturated rings. The van der Waals surface area contributed by atoms with Gasteiger partial charge < -0.3 is 9.32 Å². The first-order valence-electron chi connectivity index (χ1n) is 15.6. The zero-order valence-corrected chi connectivity index (χ0v) is 25.3. The molecule has 214 valence electrons. The van der Waals surface area contributed by atoms with Crippen LogP contribution in [-0.2, 0) is 5.41 Å². The van der Waals surface area contributed by atoms with Crippen molar-refractivity contribution < 1.29 is 4.42 Å². The minimum atomic E-state index is -0.142. The van der Waals surface area contributed by atoms with Gasteiger partial charge in [-0.15, -0.1) is 0 Å². The van der Waals surface area contributed by atoms with Crippen molar-refractivity contribution in [1.82, 2.24) is 0 Å². The summed E-state index contributed by atoms with van der Waals surface area (Å²) in [6, 6.07) is 54.6. The van der Waals surface area contributed by atoms with Crippen LogP contribution in [0.15, 0.2) is 156 Å². The Bertz CT molecular complexity index is 2410. The van der Waals surface area contributed by atoms with Crippen LogP contribution in [0, 0.1) is 0 Å². The Labute approximate surface area is 262 Å². The molecule has 1 aromatic heterocycles. The molecule has 0 saturated heterocycles. The van der Waals surface area contributed by atoms with Crippen molar-refractivity contribution >= 4 is 49.8 Å². The van der Waals surface area contributed by atoms with E-state index in [1.165, 1.54) is 38.9 Å². The van der Waals surface area contributed by atoms with Gasteiger partial charge in [0.15, 0.2) is 0 Å². The number of nitrogens with zero attached hydrogens (tertiary/aromatic N) is 1. The number of anilines is 3. The lowest BCUT2D eigenvalue weighted by Crippen LogP contribution is -2.20. The van der Waals surface area contributed by atoms with Crippen molar-refractivity contribution in [2.45, 2.75) is 19.3 Å². The van der Waals surface area contributed by atoms with Gasteiger partial charge in [-0.05, 0) is 81.2 Å². The second kappa shape index (κ2) is 9.70. The van der Waals surface area contributed by atoms with E-state index in [4.69, 9.17) is 4.42 Å². The highest BCUT2D eigenvalue weighted by atomic mass is 16.3. The van der Waals surface area contributed by atoms with Crippen LogP contribution >= 0.6 is 0 Å². The molecule has 8 aromatic rings. The van der Waals surface area contributed by atoms with E-state index in [1.54, 1.807) is 0 Å². The molecule has 45 heavy (non-hydrogen) atoms. The number of benzene rings is 7. The number of fused-ring (bicyclic) bond motifs is 8. The van der Waals surface area contributed by atoms with Gasteiger partial charge in [-0.2, -0.15) is 0 Å². The molecule has 7 aromatic carbocycles. The summed E-state index contributed by atoms with van der Waals surface area (Å²) in [7, 11) is 0.